The molecule has 10 heteroatoms. The molecular weight excluding hydrogens is 418 g/mol. The Bertz CT molecular complexity index is 1180. The van der Waals surface area contributed by atoms with E-state index in [1.807, 2.05) is 12.1 Å². The molecule has 2 aliphatic rings. The van der Waals surface area contributed by atoms with E-state index in [-0.39, 0.29) is 0 Å². The number of imide groups is 1. The van der Waals surface area contributed by atoms with Gasteiger partial charge in [0.15, 0.2) is 10.7 Å². The van der Waals surface area contributed by atoms with Crippen LogP contribution in [0.15, 0.2) is 54.0 Å². The van der Waals surface area contributed by atoms with Gasteiger partial charge in [-0.25, -0.2) is 9.78 Å². The zero-order valence-corrected chi connectivity index (χ0v) is 17.0. The van der Waals surface area contributed by atoms with Crippen LogP contribution in [0.25, 0.3) is 11.4 Å². The third-order valence-electron chi connectivity index (χ3n) is 5.24. The van der Waals surface area contributed by atoms with Crippen molar-refractivity contribution in [2.75, 3.05) is 18.5 Å². The lowest BCUT2D eigenvalue weighted by atomic mass is 9.84. The number of anilines is 1. The molecule has 4 heterocycles. The van der Waals surface area contributed by atoms with Gasteiger partial charge in [0.05, 0.1) is 12.3 Å². The molecule has 31 heavy (non-hydrogen) atoms. The van der Waals surface area contributed by atoms with E-state index in [0.717, 1.165) is 4.90 Å². The Hall–Kier alpha value is -3.79. The SMILES string of the molecule is O=C(CN1C(=O)N[C@@]2(CCOc3ccccc32)C1=O)Nc1nc(-c2ccccn2)cs1. The number of hydrogen-bond acceptors (Lipinski definition) is 7. The average molecular weight is 435 g/mol. The predicted molar refractivity (Wildman–Crippen MR) is 112 cm³/mol. The fraction of sp³-hybridized carbons (Fsp3) is 0.190. The highest BCUT2D eigenvalue weighted by molar-refractivity contribution is 7.14. The zero-order valence-electron chi connectivity index (χ0n) is 16.2. The zero-order chi connectivity index (χ0) is 21.4. The van der Waals surface area contributed by atoms with Crippen molar-refractivity contribution in [2.45, 2.75) is 12.0 Å². The number of ether oxygens (including phenoxy) is 1. The van der Waals surface area contributed by atoms with Gasteiger partial charge in [0.25, 0.3) is 5.91 Å². The van der Waals surface area contributed by atoms with Gasteiger partial charge in [-0.3, -0.25) is 19.5 Å². The largest absolute Gasteiger partial charge is 0.493 e. The molecule has 1 aromatic carbocycles. The molecule has 0 radical (unpaired) electrons. The van der Waals surface area contributed by atoms with Crippen LogP contribution in [-0.4, -0.2) is 45.9 Å². The number of thiazole rings is 1. The summed E-state index contributed by atoms with van der Waals surface area (Å²) in [5, 5.41) is 7.57. The Balaban J connectivity index is 1.31. The first-order valence-electron chi connectivity index (χ1n) is 9.60. The second-order valence-electron chi connectivity index (χ2n) is 7.12. The summed E-state index contributed by atoms with van der Waals surface area (Å²) >= 11 is 1.24. The summed E-state index contributed by atoms with van der Waals surface area (Å²) in [4.78, 5) is 47.9. The molecule has 0 saturated carbocycles. The van der Waals surface area contributed by atoms with E-state index in [1.54, 1.807) is 41.9 Å². The number of benzene rings is 1. The van der Waals surface area contributed by atoms with Crippen LogP contribution < -0.4 is 15.4 Å². The number of pyridine rings is 1. The number of hydrogen-bond donors (Lipinski definition) is 2. The van der Waals surface area contributed by atoms with Crippen molar-refractivity contribution in [3.05, 3.63) is 59.6 Å². The second-order valence-corrected chi connectivity index (χ2v) is 7.98. The van der Waals surface area contributed by atoms with Crippen molar-refractivity contribution in [3.8, 4) is 17.1 Å². The van der Waals surface area contributed by atoms with Crippen LogP contribution in [0.1, 0.15) is 12.0 Å². The fourth-order valence-corrected chi connectivity index (χ4v) is 4.50. The quantitative estimate of drug-likeness (QED) is 0.609. The lowest BCUT2D eigenvalue weighted by Crippen LogP contribution is -2.48. The number of carbonyl (C=O) groups is 3. The number of nitrogens with zero attached hydrogens (tertiary/aromatic N) is 3. The van der Waals surface area contributed by atoms with Crippen LogP contribution in [0.5, 0.6) is 5.75 Å². The van der Waals surface area contributed by atoms with E-state index in [4.69, 9.17) is 4.74 Å². The first-order valence-corrected chi connectivity index (χ1v) is 10.5. The van der Waals surface area contributed by atoms with Gasteiger partial charge in [-0.2, -0.15) is 0 Å². The van der Waals surface area contributed by atoms with Crippen LogP contribution in [0.3, 0.4) is 0 Å². The Kier molecular flexibility index (Phi) is 4.63. The normalized spacial score (nSPS) is 19.7. The van der Waals surface area contributed by atoms with Crippen LogP contribution in [0.4, 0.5) is 9.93 Å². The monoisotopic (exact) mass is 435 g/mol. The van der Waals surface area contributed by atoms with Crippen molar-refractivity contribution < 1.29 is 19.1 Å². The molecule has 2 aliphatic heterocycles. The minimum Gasteiger partial charge on any atom is -0.493 e. The van der Waals surface area contributed by atoms with Crippen molar-refractivity contribution in [1.82, 2.24) is 20.2 Å². The molecule has 156 valence electrons. The van der Waals surface area contributed by atoms with Gasteiger partial charge in [0.2, 0.25) is 5.91 Å². The summed E-state index contributed by atoms with van der Waals surface area (Å²) in [5.41, 5.74) is 0.712. The second kappa shape index (κ2) is 7.47. The number of amides is 4. The first kappa shape index (κ1) is 19.2. The lowest BCUT2D eigenvalue weighted by molar-refractivity contribution is -0.135. The van der Waals surface area contributed by atoms with Crippen molar-refractivity contribution in [1.29, 1.82) is 0 Å². The third-order valence-corrected chi connectivity index (χ3v) is 5.99. The smallest absolute Gasteiger partial charge is 0.325 e. The van der Waals surface area contributed by atoms with E-state index in [9.17, 15) is 14.4 Å². The molecule has 0 unspecified atom stereocenters. The number of nitrogens with one attached hydrogen (secondary N) is 2. The summed E-state index contributed by atoms with van der Waals surface area (Å²) < 4.78 is 5.61. The number of fused-ring (bicyclic) bond motifs is 2. The number of carbonyl (C=O) groups excluding carboxylic acids is 3. The molecule has 1 spiro atoms. The molecule has 5 rings (SSSR count). The van der Waals surface area contributed by atoms with E-state index < -0.39 is 29.9 Å². The molecule has 1 atom stereocenters. The molecule has 1 saturated heterocycles. The Morgan fingerprint density at radius 1 is 1.19 bits per heavy atom. The first-order chi connectivity index (χ1) is 15.1. The fourth-order valence-electron chi connectivity index (χ4n) is 3.78. The molecule has 2 N–H and O–H groups in total. The Labute approximate surface area is 181 Å². The molecule has 0 aliphatic carbocycles. The highest BCUT2D eigenvalue weighted by Gasteiger charge is 2.55. The molecule has 3 aromatic rings. The van der Waals surface area contributed by atoms with Crippen LogP contribution in [-0.2, 0) is 15.1 Å². The molecule has 9 nitrogen and oxygen atoms in total. The Morgan fingerprint density at radius 2 is 2.03 bits per heavy atom. The van der Waals surface area contributed by atoms with Gasteiger partial charge in [0.1, 0.15) is 18.0 Å². The third kappa shape index (κ3) is 3.30. The maximum Gasteiger partial charge on any atom is 0.325 e. The highest BCUT2D eigenvalue weighted by Crippen LogP contribution is 2.40. The van der Waals surface area contributed by atoms with Crippen molar-refractivity contribution in [2.24, 2.45) is 0 Å². The molecule has 4 amide bonds. The number of para-hydroxylation sites is 1. The van der Waals surface area contributed by atoms with Crippen molar-refractivity contribution in [3.63, 3.8) is 0 Å². The maximum absolute atomic E-state index is 13.2. The van der Waals surface area contributed by atoms with Gasteiger partial charge in [0, 0.05) is 23.6 Å². The van der Waals surface area contributed by atoms with Gasteiger partial charge >= 0.3 is 6.03 Å². The molecular formula is C21H17N5O4S. The van der Waals surface area contributed by atoms with E-state index in [2.05, 4.69) is 20.6 Å². The van der Waals surface area contributed by atoms with Crippen LogP contribution >= 0.6 is 11.3 Å². The maximum atomic E-state index is 13.2. The topological polar surface area (TPSA) is 114 Å². The minimum absolute atomic E-state index is 0.290. The average Bonchev–Trinajstić information content (AvgIpc) is 3.34. The molecule has 0 bridgehead atoms. The number of aromatic nitrogens is 2. The van der Waals surface area contributed by atoms with E-state index in [0.29, 0.717) is 40.9 Å². The van der Waals surface area contributed by atoms with Gasteiger partial charge in [-0.15, -0.1) is 11.3 Å². The van der Waals surface area contributed by atoms with Crippen molar-refractivity contribution >= 4 is 34.3 Å². The minimum atomic E-state index is -1.21. The summed E-state index contributed by atoms with van der Waals surface area (Å²) in [6.07, 6.45) is 1.96. The summed E-state index contributed by atoms with van der Waals surface area (Å²) in [6.45, 7) is -0.119. The Morgan fingerprint density at radius 3 is 2.87 bits per heavy atom. The highest BCUT2D eigenvalue weighted by atomic mass is 32.1. The van der Waals surface area contributed by atoms with Gasteiger partial charge in [-0.1, -0.05) is 24.3 Å². The number of rotatable bonds is 4. The number of urea groups is 1. The van der Waals surface area contributed by atoms with Gasteiger partial charge in [-0.05, 0) is 18.2 Å². The molecule has 2 aromatic heterocycles. The van der Waals surface area contributed by atoms with E-state index >= 15 is 0 Å². The lowest BCUT2D eigenvalue weighted by Gasteiger charge is -2.33. The summed E-state index contributed by atoms with van der Waals surface area (Å²) in [7, 11) is 0. The van der Waals surface area contributed by atoms with Crippen LogP contribution in [0.2, 0.25) is 0 Å². The molecule has 1 fully saturated rings. The predicted octanol–water partition coefficient (Wildman–Crippen LogP) is 2.37. The standard InChI is InChI=1S/C21H17N5O4S/c27-17(24-19-23-15(12-31-19)14-6-3-4-9-22-14)11-26-18(28)21(25-20(26)29)8-10-30-16-7-2-1-5-13(16)21/h1-7,9,12H,8,10-11H2,(H,25,29)(H,23,24,27)/t21-/m1/s1. The summed E-state index contributed by atoms with van der Waals surface area (Å²) in [6, 6.07) is 12.0. The van der Waals surface area contributed by atoms with E-state index in [1.165, 1.54) is 11.3 Å². The van der Waals surface area contributed by atoms with Crippen LogP contribution in [0, 0.1) is 0 Å². The summed E-state index contributed by atoms with van der Waals surface area (Å²) in [5.74, 6) is -0.418. The van der Waals surface area contributed by atoms with Gasteiger partial charge < -0.3 is 15.4 Å².